The van der Waals surface area contributed by atoms with Crippen LogP contribution in [0, 0.1) is 17.8 Å². The third-order valence-corrected chi connectivity index (χ3v) is 8.64. The molecule has 0 radical (unpaired) electrons. The minimum Gasteiger partial charge on any atom is -0.487 e. The van der Waals surface area contributed by atoms with E-state index in [0.29, 0.717) is 42.6 Å². The van der Waals surface area contributed by atoms with Crippen LogP contribution >= 0.6 is 0 Å². The van der Waals surface area contributed by atoms with Crippen molar-refractivity contribution in [1.29, 1.82) is 0 Å². The molecule has 1 amide bonds. The zero-order valence-electron chi connectivity index (χ0n) is 19.7. The smallest absolute Gasteiger partial charge is 0.416 e. The first-order valence-corrected chi connectivity index (χ1v) is 12.8. The Kier molecular flexibility index (Phi) is 5.78. The van der Waals surface area contributed by atoms with Crippen LogP contribution in [0.15, 0.2) is 54.6 Å². The van der Waals surface area contributed by atoms with Crippen LogP contribution in [0.3, 0.4) is 0 Å². The van der Waals surface area contributed by atoms with Gasteiger partial charge in [-0.3, -0.25) is 9.69 Å². The number of nitrogens with zero attached hydrogens (tertiary/aromatic N) is 2. The lowest BCUT2D eigenvalue weighted by Gasteiger charge is -2.40. The molecule has 0 spiro atoms. The molecule has 4 fully saturated rings. The van der Waals surface area contributed by atoms with E-state index in [0.717, 1.165) is 25.2 Å². The monoisotopic (exact) mass is 484 g/mol. The van der Waals surface area contributed by atoms with Crippen molar-refractivity contribution in [2.24, 2.45) is 17.8 Å². The van der Waals surface area contributed by atoms with E-state index in [1.54, 1.807) is 0 Å². The minimum atomic E-state index is -4.35. The van der Waals surface area contributed by atoms with E-state index < -0.39 is 11.7 Å². The Labute approximate surface area is 204 Å². The number of alkyl halides is 3. The summed E-state index contributed by atoms with van der Waals surface area (Å²) in [4.78, 5) is 17.5. The van der Waals surface area contributed by atoms with Gasteiger partial charge in [0, 0.05) is 25.0 Å². The fourth-order valence-electron chi connectivity index (χ4n) is 6.54. The van der Waals surface area contributed by atoms with E-state index in [-0.39, 0.29) is 17.9 Å². The third-order valence-electron chi connectivity index (χ3n) is 8.64. The normalized spacial score (nSPS) is 31.1. The largest absolute Gasteiger partial charge is 0.487 e. The second kappa shape index (κ2) is 8.84. The van der Waals surface area contributed by atoms with Crippen molar-refractivity contribution < 1.29 is 22.7 Å². The van der Waals surface area contributed by atoms with Crippen molar-refractivity contribution in [3.8, 4) is 5.75 Å². The highest BCUT2D eigenvalue weighted by atomic mass is 19.4. The number of benzene rings is 2. The maximum Gasteiger partial charge on any atom is 0.416 e. The molecule has 0 N–H and O–H groups in total. The Morgan fingerprint density at radius 1 is 0.829 bits per heavy atom. The molecule has 4 nitrogen and oxygen atoms in total. The minimum absolute atomic E-state index is 0.148. The maximum absolute atomic E-state index is 13.0. The summed E-state index contributed by atoms with van der Waals surface area (Å²) in [7, 11) is 0. The van der Waals surface area contributed by atoms with Gasteiger partial charge in [0.15, 0.2) is 0 Å². The number of ether oxygens (including phenoxy) is 1. The fraction of sp³-hybridized carbons (Fsp3) is 0.536. The second-order valence-electron chi connectivity index (χ2n) is 10.7. The average molecular weight is 485 g/mol. The Hall–Kier alpha value is -2.54. The molecule has 35 heavy (non-hydrogen) atoms. The lowest BCUT2D eigenvalue weighted by atomic mass is 9.81. The number of likely N-dealkylation sites (tertiary alicyclic amines) is 2. The van der Waals surface area contributed by atoms with E-state index in [1.165, 1.54) is 43.4 Å². The Morgan fingerprint density at radius 3 is 2.06 bits per heavy atom. The number of carbonyl (C=O) groups is 1. The number of hydrogen-bond donors (Lipinski definition) is 0. The number of carbonyl (C=O) groups excluding carboxylic acids is 1. The Morgan fingerprint density at radius 2 is 1.46 bits per heavy atom. The summed E-state index contributed by atoms with van der Waals surface area (Å²) in [6.45, 7) is 3.12. The van der Waals surface area contributed by atoms with Crippen LogP contribution in [-0.2, 0) is 11.0 Å². The van der Waals surface area contributed by atoms with Gasteiger partial charge in [-0.2, -0.15) is 13.2 Å². The number of fused-ring (bicyclic) bond motifs is 1. The van der Waals surface area contributed by atoms with Crippen LogP contribution in [0.1, 0.15) is 42.7 Å². The highest BCUT2D eigenvalue weighted by molar-refractivity contribution is 5.83. The lowest BCUT2D eigenvalue weighted by Crippen LogP contribution is -2.57. The number of hydrogen-bond acceptors (Lipinski definition) is 3. The first-order valence-electron chi connectivity index (χ1n) is 12.8. The van der Waals surface area contributed by atoms with Gasteiger partial charge < -0.3 is 9.64 Å². The summed E-state index contributed by atoms with van der Waals surface area (Å²) >= 11 is 0. The van der Waals surface area contributed by atoms with Crippen LogP contribution in [0.2, 0.25) is 0 Å². The van der Waals surface area contributed by atoms with Crippen molar-refractivity contribution in [2.75, 3.05) is 26.2 Å². The molecule has 7 heteroatoms. The van der Waals surface area contributed by atoms with E-state index in [2.05, 4.69) is 35.2 Å². The molecule has 2 aromatic rings. The molecule has 1 unspecified atom stereocenters. The van der Waals surface area contributed by atoms with Crippen LogP contribution in [0.25, 0.3) is 0 Å². The lowest BCUT2D eigenvalue weighted by molar-refractivity contribution is -0.142. The van der Waals surface area contributed by atoms with Crippen molar-refractivity contribution in [3.05, 3.63) is 65.7 Å². The van der Waals surface area contributed by atoms with Crippen molar-refractivity contribution >= 4 is 5.91 Å². The average Bonchev–Trinajstić information content (AvgIpc) is 3.34. The summed E-state index contributed by atoms with van der Waals surface area (Å²) in [5.74, 6) is 2.46. The summed E-state index contributed by atoms with van der Waals surface area (Å²) in [6, 6.07) is 16.3. The van der Waals surface area contributed by atoms with Gasteiger partial charge in [-0.05, 0) is 73.3 Å². The molecule has 6 rings (SSSR count). The summed E-state index contributed by atoms with van der Waals surface area (Å²) in [5, 5.41) is 0. The third kappa shape index (κ3) is 4.55. The van der Waals surface area contributed by atoms with Gasteiger partial charge in [-0.1, -0.05) is 30.3 Å². The summed E-state index contributed by atoms with van der Waals surface area (Å²) in [6.07, 6.45) is 0.482. The first-order chi connectivity index (χ1) is 16.9. The van der Waals surface area contributed by atoms with Crippen molar-refractivity contribution in [3.63, 3.8) is 0 Å². The van der Waals surface area contributed by atoms with Gasteiger partial charge >= 0.3 is 6.18 Å². The topological polar surface area (TPSA) is 32.8 Å². The number of halogens is 3. The highest BCUT2D eigenvalue weighted by Gasteiger charge is 2.61. The van der Waals surface area contributed by atoms with E-state index in [9.17, 15) is 18.0 Å². The van der Waals surface area contributed by atoms with Gasteiger partial charge in [0.05, 0.1) is 18.7 Å². The van der Waals surface area contributed by atoms with Crippen LogP contribution in [0.4, 0.5) is 13.2 Å². The molecule has 2 saturated heterocycles. The van der Waals surface area contributed by atoms with Gasteiger partial charge in [0.2, 0.25) is 5.91 Å². The van der Waals surface area contributed by atoms with Crippen LogP contribution in [-0.4, -0.2) is 54.0 Å². The standard InChI is InChI=1S/C28H31F3N2O2/c29-28(30,31)20-8-12-22(13-9-20)35-23-14-33(15-23)27(34)26-24-16-32(17-25(24)26)21-10-6-19(7-11-21)18-4-2-1-3-5-18/h1-5,8-9,12-13,19,21,23-26H,6-7,10-11,14-17H2/t19?,21?,24-,25+,26?. The molecule has 2 aromatic carbocycles. The van der Waals surface area contributed by atoms with Crippen molar-refractivity contribution in [2.45, 2.75) is 49.9 Å². The fourth-order valence-corrected chi connectivity index (χ4v) is 6.54. The molecule has 0 aromatic heterocycles. The quantitative estimate of drug-likeness (QED) is 0.585. The molecule has 186 valence electrons. The van der Waals surface area contributed by atoms with Gasteiger partial charge in [-0.15, -0.1) is 0 Å². The molecule has 0 bridgehead atoms. The summed E-state index contributed by atoms with van der Waals surface area (Å²) < 4.78 is 43.9. The predicted octanol–water partition coefficient (Wildman–Crippen LogP) is 5.20. The first kappa shape index (κ1) is 22.9. The van der Waals surface area contributed by atoms with Crippen molar-refractivity contribution in [1.82, 2.24) is 9.80 Å². The SMILES string of the molecule is O=C(C1[C@H]2CN(C3CCC(c4ccccc4)CC3)C[C@@H]12)N1CC(Oc2ccc(C(F)(F)F)cc2)C1. The maximum atomic E-state index is 13.0. The molecule has 4 aliphatic rings. The summed E-state index contributed by atoms with van der Waals surface area (Å²) in [5.41, 5.74) is 0.782. The molecule has 2 aliphatic carbocycles. The number of piperidine rings is 1. The van der Waals surface area contributed by atoms with Crippen LogP contribution < -0.4 is 4.74 Å². The molecule has 2 heterocycles. The molecular formula is C28H31F3N2O2. The molecule has 3 atom stereocenters. The predicted molar refractivity (Wildman–Crippen MR) is 126 cm³/mol. The number of amides is 1. The highest BCUT2D eigenvalue weighted by Crippen LogP contribution is 2.54. The van der Waals surface area contributed by atoms with Gasteiger partial charge in [0.1, 0.15) is 11.9 Å². The molecule has 2 aliphatic heterocycles. The van der Waals surface area contributed by atoms with E-state index in [4.69, 9.17) is 4.74 Å². The van der Waals surface area contributed by atoms with Crippen LogP contribution in [0.5, 0.6) is 5.75 Å². The zero-order valence-corrected chi connectivity index (χ0v) is 19.7. The van der Waals surface area contributed by atoms with E-state index in [1.807, 2.05) is 4.90 Å². The number of rotatable bonds is 5. The van der Waals surface area contributed by atoms with E-state index >= 15 is 0 Å². The molecule has 2 saturated carbocycles. The molecular weight excluding hydrogens is 453 g/mol. The Balaban J connectivity index is 0.929. The van der Waals surface area contributed by atoms with Gasteiger partial charge in [-0.25, -0.2) is 0 Å². The van der Waals surface area contributed by atoms with Gasteiger partial charge in [0.25, 0.3) is 0 Å². The Bertz CT molecular complexity index is 1030. The second-order valence-corrected chi connectivity index (χ2v) is 10.7. The zero-order chi connectivity index (χ0) is 24.2.